The van der Waals surface area contributed by atoms with Gasteiger partial charge in [0.15, 0.2) is 0 Å². The Labute approximate surface area is 196 Å². The summed E-state index contributed by atoms with van der Waals surface area (Å²) < 4.78 is 12.9. The highest BCUT2D eigenvalue weighted by atomic mass is 16.5. The fourth-order valence-corrected chi connectivity index (χ4v) is 4.54. The molecule has 0 radical (unpaired) electrons. The number of hydrogen-bond donors (Lipinski definition) is 1. The lowest BCUT2D eigenvalue weighted by atomic mass is 9.98. The summed E-state index contributed by atoms with van der Waals surface area (Å²) >= 11 is 0. The van der Waals surface area contributed by atoms with E-state index in [9.17, 15) is 4.79 Å². The van der Waals surface area contributed by atoms with Crippen molar-refractivity contribution in [2.45, 2.75) is 51.6 Å². The monoisotopic (exact) mass is 458 g/mol. The van der Waals surface area contributed by atoms with Gasteiger partial charge >= 0.3 is 0 Å². The molecule has 1 aromatic carbocycles. The molecule has 1 aliphatic heterocycles. The first-order chi connectivity index (χ1) is 16.6. The van der Waals surface area contributed by atoms with Gasteiger partial charge in [0.1, 0.15) is 5.65 Å². The molecule has 2 aliphatic rings. The van der Waals surface area contributed by atoms with E-state index in [1.165, 1.54) is 0 Å². The van der Waals surface area contributed by atoms with Gasteiger partial charge in [0.05, 0.1) is 0 Å². The maximum absolute atomic E-state index is 13.8. The van der Waals surface area contributed by atoms with E-state index in [4.69, 9.17) is 14.1 Å². The average Bonchev–Trinajstić information content (AvgIpc) is 3.59. The van der Waals surface area contributed by atoms with Crippen molar-refractivity contribution in [2.75, 3.05) is 18.5 Å². The molecular weight excluding hydrogens is 432 g/mol. The third-order valence-corrected chi connectivity index (χ3v) is 6.54. The molecule has 0 spiro atoms. The Hall–Kier alpha value is -3.59. The van der Waals surface area contributed by atoms with Crippen LogP contribution in [-0.2, 0) is 4.74 Å². The summed E-state index contributed by atoms with van der Waals surface area (Å²) in [4.78, 5) is 23.1. The Bertz CT molecular complexity index is 1430. The molecule has 1 saturated heterocycles. The lowest BCUT2D eigenvalue weighted by Gasteiger charge is -2.23. The predicted octanol–water partition coefficient (Wildman–Crippen LogP) is 4.05. The predicted molar refractivity (Wildman–Crippen MR) is 128 cm³/mol. The smallest absolute Gasteiger partial charge is 0.260 e. The highest BCUT2D eigenvalue weighted by Crippen LogP contribution is 2.37. The maximum atomic E-state index is 13.8. The number of rotatable bonds is 5. The number of nitrogens with zero attached hydrogens (tertiary/aromatic N) is 5. The molecule has 9 nitrogen and oxygen atoms in total. The quantitative estimate of drug-likeness (QED) is 0.477. The fraction of sp³-hybridized carbons (Fsp3) is 0.400. The Morgan fingerprint density at radius 2 is 1.85 bits per heavy atom. The van der Waals surface area contributed by atoms with Crippen LogP contribution in [0.1, 0.15) is 43.2 Å². The van der Waals surface area contributed by atoms with Gasteiger partial charge in [0.2, 0.25) is 17.7 Å². The van der Waals surface area contributed by atoms with E-state index >= 15 is 0 Å². The zero-order chi connectivity index (χ0) is 23.2. The molecule has 1 N–H and O–H groups in total. The van der Waals surface area contributed by atoms with E-state index < -0.39 is 0 Å². The van der Waals surface area contributed by atoms with Crippen molar-refractivity contribution in [1.29, 1.82) is 0 Å². The fourth-order valence-electron chi connectivity index (χ4n) is 4.54. The van der Waals surface area contributed by atoms with Gasteiger partial charge in [0.25, 0.3) is 5.56 Å². The van der Waals surface area contributed by atoms with E-state index in [1.807, 2.05) is 42.0 Å². The summed E-state index contributed by atoms with van der Waals surface area (Å²) in [6, 6.07) is 8.22. The SMILES string of the molecule is Cc1nnc(-c2ccc(C)c(-c3cc4cnc(NC5CCOCC5)nc4n(C4CC4)c3=O)c2)o1. The zero-order valence-corrected chi connectivity index (χ0v) is 19.2. The van der Waals surface area contributed by atoms with Crippen molar-refractivity contribution in [2.24, 2.45) is 0 Å². The lowest BCUT2D eigenvalue weighted by Crippen LogP contribution is -2.29. The second-order valence-corrected chi connectivity index (χ2v) is 9.12. The molecule has 0 unspecified atom stereocenters. The Kier molecular flexibility index (Phi) is 5.13. The number of pyridine rings is 1. The molecule has 1 saturated carbocycles. The van der Waals surface area contributed by atoms with Crippen LogP contribution in [0, 0.1) is 13.8 Å². The molecule has 4 aromatic rings. The van der Waals surface area contributed by atoms with Gasteiger partial charge < -0.3 is 14.5 Å². The van der Waals surface area contributed by atoms with Crippen LogP contribution in [0.25, 0.3) is 33.6 Å². The molecule has 34 heavy (non-hydrogen) atoms. The molecule has 2 fully saturated rings. The van der Waals surface area contributed by atoms with Crippen LogP contribution < -0.4 is 10.9 Å². The molecule has 9 heteroatoms. The largest absolute Gasteiger partial charge is 0.421 e. The van der Waals surface area contributed by atoms with Crippen LogP contribution in [0.2, 0.25) is 0 Å². The molecule has 6 rings (SSSR count). The molecule has 174 valence electrons. The van der Waals surface area contributed by atoms with E-state index in [0.717, 1.165) is 61.0 Å². The van der Waals surface area contributed by atoms with Gasteiger partial charge in [-0.3, -0.25) is 9.36 Å². The topological polar surface area (TPSA) is 108 Å². The number of anilines is 1. The van der Waals surface area contributed by atoms with E-state index in [0.29, 0.717) is 28.9 Å². The first kappa shape index (κ1) is 21.0. The van der Waals surface area contributed by atoms with E-state index in [2.05, 4.69) is 20.5 Å². The lowest BCUT2D eigenvalue weighted by molar-refractivity contribution is 0.0903. The minimum absolute atomic E-state index is 0.0346. The second-order valence-electron chi connectivity index (χ2n) is 9.12. The molecule has 1 aliphatic carbocycles. The van der Waals surface area contributed by atoms with Gasteiger partial charge in [0, 0.05) is 54.9 Å². The Morgan fingerprint density at radius 1 is 1.03 bits per heavy atom. The van der Waals surface area contributed by atoms with Crippen molar-refractivity contribution in [3.05, 3.63) is 52.3 Å². The minimum Gasteiger partial charge on any atom is -0.421 e. The third-order valence-electron chi connectivity index (χ3n) is 6.54. The number of nitrogens with one attached hydrogen (secondary N) is 1. The van der Waals surface area contributed by atoms with Crippen LogP contribution in [0.4, 0.5) is 5.95 Å². The van der Waals surface area contributed by atoms with Crippen molar-refractivity contribution in [1.82, 2.24) is 24.7 Å². The minimum atomic E-state index is -0.0346. The van der Waals surface area contributed by atoms with Crippen LogP contribution >= 0.6 is 0 Å². The van der Waals surface area contributed by atoms with Crippen molar-refractivity contribution in [3.63, 3.8) is 0 Å². The average molecular weight is 459 g/mol. The van der Waals surface area contributed by atoms with E-state index in [1.54, 1.807) is 6.92 Å². The van der Waals surface area contributed by atoms with Gasteiger partial charge in [-0.05, 0) is 61.9 Å². The van der Waals surface area contributed by atoms with Crippen molar-refractivity contribution >= 4 is 17.0 Å². The van der Waals surface area contributed by atoms with Gasteiger partial charge in [-0.1, -0.05) is 6.07 Å². The van der Waals surface area contributed by atoms with Gasteiger partial charge in [-0.25, -0.2) is 4.98 Å². The molecular formula is C25H26N6O3. The number of ether oxygens (including phenoxy) is 1. The first-order valence-electron chi connectivity index (χ1n) is 11.7. The summed E-state index contributed by atoms with van der Waals surface area (Å²) in [7, 11) is 0. The highest BCUT2D eigenvalue weighted by molar-refractivity contribution is 5.83. The van der Waals surface area contributed by atoms with Crippen LogP contribution in [0.3, 0.4) is 0 Å². The van der Waals surface area contributed by atoms with Gasteiger partial charge in [-0.2, -0.15) is 4.98 Å². The van der Waals surface area contributed by atoms with Crippen LogP contribution in [0.15, 0.2) is 39.7 Å². The standard InChI is InChI=1S/C25H26N6O3/c1-14-3-4-16(23-30-29-15(2)34-23)11-20(14)21-12-17-13-26-25(27-18-7-9-33-10-8-18)28-22(17)31(24(21)32)19-5-6-19/h3-4,11-13,18-19H,5-10H2,1-2H3,(H,26,27,28). The number of benzene rings is 1. The summed E-state index contributed by atoms with van der Waals surface area (Å²) in [6.07, 6.45) is 5.61. The summed E-state index contributed by atoms with van der Waals surface area (Å²) in [5, 5.41) is 12.3. The first-order valence-corrected chi connectivity index (χ1v) is 11.7. The third kappa shape index (κ3) is 3.86. The van der Waals surface area contributed by atoms with Crippen LogP contribution in [-0.4, -0.2) is 44.0 Å². The number of aryl methyl sites for hydroxylation is 2. The van der Waals surface area contributed by atoms with Crippen molar-refractivity contribution < 1.29 is 9.15 Å². The Morgan fingerprint density at radius 3 is 2.59 bits per heavy atom. The molecule has 0 amide bonds. The molecule has 3 aromatic heterocycles. The maximum Gasteiger partial charge on any atom is 0.260 e. The van der Waals surface area contributed by atoms with Crippen molar-refractivity contribution in [3.8, 4) is 22.6 Å². The summed E-state index contributed by atoms with van der Waals surface area (Å²) in [5.74, 6) is 1.50. The normalized spacial score (nSPS) is 16.8. The number of hydrogen-bond acceptors (Lipinski definition) is 8. The second kappa shape index (κ2) is 8.32. The Balaban J connectivity index is 1.46. The van der Waals surface area contributed by atoms with Gasteiger partial charge in [-0.15, -0.1) is 10.2 Å². The number of aromatic nitrogens is 5. The summed E-state index contributed by atoms with van der Waals surface area (Å²) in [5.41, 5.74) is 3.90. The molecule has 0 atom stereocenters. The zero-order valence-electron chi connectivity index (χ0n) is 19.2. The number of fused-ring (bicyclic) bond motifs is 1. The van der Waals surface area contributed by atoms with E-state index in [-0.39, 0.29) is 17.6 Å². The highest BCUT2D eigenvalue weighted by Gasteiger charge is 2.29. The molecule has 4 heterocycles. The molecule has 0 bridgehead atoms. The van der Waals surface area contributed by atoms with Crippen LogP contribution in [0.5, 0.6) is 0 Å². The summed E-state index contributed by atoms with van der Waals surface area (Å²) in [6.45, 7) is 5.24.